The number of nitrogens with one attached hydrogen (secondary N) is 1. The van der Waals surface area contributed by atoms with Crippen LogP contribution in [0, 0.1) is 0 Å². The molecule has 2 rings (SSSR count). The van der Waals surface area contributed by atoms with Crippen LogP contribution < -0.4 is 5.56 Å². The third-order valence-corrected chi connectivity index (χ3v) is 3.20. The molecule has 0 aromatic carbocycles. The highest BCUT2D eigenvalue weighted by Crippen LogP contribution is 2.31. The molecule has 0 bridgehead atoms. The van der Waals surface area contributed by atoms with Crippen LogP contribution in [0.15, 0.2) is 22.3 Å². The lowest BCUT2D eigenvalue weighted by Crippen LogP contribution is -2.09. The Morgan fingerprint density at radius 1 is 1.43 bits per heavy atom. The van der Waals surface area contributed by atoms with Gasteiger partial charge in [0.05, 0.1) is 15.5 Å². The van der Waals surface area contributed by atoms with E-state index in [4.69, 9.17) is 23.2 Å². The standard InChI is InChI=1S/C8H4Cl2N2OS/c9-5-1-2-14-7(5)4-3-6(10)11-12-8(4)13/h1-3H,(H,12,13). The summed E-state index contributed by atoms with van der Waals surface area (Å²) in [6.07, 6.45) is 0. The summed E-state index contributed by atoms with van der Waals surface area (Å²) in [6.45, 7) is 0. The minimum Gasteiger partial charge on any atom is -0.267 e. The summed E-state index contributed by atoms with van der Waals surface area (Å²) in [6, 6.07) is 3.23. The van der Waals surface area contributed by atoms with Gasteiger partial charge in [-0.3, -0.25) is 4.79 Å². The van der Waals surface area contributed by atoms with Gasteiger partial charge in [0.15, 0.2) is 0 Å². The van der Waals surface area contributed by atoms with Crippen LogP contribution >= 0.6 is 34.5 Å². The van der Waals surface area contributed by atoms with E-state index in [0.29, 0.717) is 15.5 Å². The van der Waals surface area contributed by atoms with Gasteiger partial charge in [-0.1, -0.05) is 23.2 Å². The highest BCUT2D eigenvalue weighted by Gasteiger charge is 2.09. The van der Waals surface area contributed by atoms with Crippen molar-refractivity contribution in [3.8, 4) is 10.4 Å². The maximum atomic E-state index is 11.4. The number of hydrogen-bond donors (Lipinski definition) is 1. The molecule has 0 spiro atoms. The maximum absolute atomic E-state index is 11.4. The second-order valence-electron chi connectivity index (χ2n) is 2.53. The molecule has 0 atom stereocenters. The smallest absolute Gasteiger partial charge is 0.267 e. The van der Waals surface area contributed by atoms with Crippen molar-refractivity contribution >= 4 is 34.5 Å². The van der Waals surface area contributed by atoms with Gasteiger partial charge in [-0.25, -0.2) is 5.10 Å². The van der Waals surface area contributed by atoms with E-state index in [1.54, 1.807) is 6.07 Å². The van der Waals surface area contributed by atoms with Crippen molar-refractivity contribution in [2.24, 2.45) is 0 Å². The van der Waals surface area contributed by atoms with E-state index >= 15 is 0 Å². The van der Waals surface area contributed by atoms with Gasteiger partial charge >= 0.3 is 0 Å². The number of hydrogen-bond acceptors (Lipinski definition) is 3. The van der Waals surface area contributed by atoms with E-state index in [0.717, 1.165) is 0 Å². The van der Waals surface area contributed by atoms with Gasteiger partial charge in [0.2, 0.25) is 0 Å². The molecule has 2 heterocycles. The molecule has 0 aliphatic heterocycles. The van der Waals surface area contributed by atoms with E-state index in [9.17, 15) is 4.79 Å². The molecular formula is C8H4Cl2N2OS. The van der Waals surface area contributed by atoms with Crippen LogP contribution in [0.25, 0.3) is 10.4 Å². The molecule has 0 unspecified atom stereocenters. The summed E-state index contributed by atoms with van der Waals surface area (Å²) in [5, 5.41) is 8.46. The molecule has 0 aliphatic rings. The molecule has 0 aliphatic carbocycles. The second kappa shape index (κ2) is 3.73. The summed E-state index contributed by atoms with van der Waals surface area (Å²) in [7, 11) is 0. The predicted octanol–water partition coefficient (Wildman–Crippen LogP) is 2.81. The van der Waals surface area contributed by atoms with Crippen LogP contribution in [0.5, 0.6) is 0 Å². The Morgan fingerprint density at radius 3 is 2.86 bits per heavy atom. The van der Waals surface area contributed by atoms with Crippen LogP contribution in [0.3, 0.4) is 0 Å². The molecule has 1 N–H and O–H groups in total. The average molecular weight is 247 g/mol. The monoisotopic (exact) mass is 246 g/mol. The zero-order chi connectivity index (χ0) is 10.1. The third-order valence-electron chi connectivity index (χ3n) is 1.63. The lowest BCUT2D eigenvalue weighted by molar-refractivity contribution is 0.993. The molecule has 0 fully saturated rings. The number of aromatic amines is 1. The topological polar surface area (TPSA) is 45.8 Å². The van der Waals surface area contributed by atoms with Gasteiger partial charge in [-0.05, 0) is 17.5 Å². The van der Waals surface area contributed by atoms with Gasteiger partial charge in [0, 0.05) is 0 Å². The molecule has 3 nitrogen and oxygen atoms in total. The van der Waals surface area contributed by atoms with Gasteiger partial charge in [0.25, 0.3) is 5.56 Å². The first-order valence-corrected chi connectivity index (χ1v) is 5.30. The van der Waals surface area contributed by atoms with Crippen molar-refractivity contribution in [1.29, 1.82) is 0 Å². The second-order valence-corrected chi connectivity index (χ2v) is 4.24. The Morgan fingerprint density at radius 2 is 2.21 bits per heavy atom. The summed E-state index contributed by atoms with van der Waals surface area (Å²) in [5.74, 6) is 0. The van der Waals surface area contributed by atoms with Crippen molar-refractivity contribution in [1.82, 2.24) is 10.2 Å². The van der Waals surface area contributed by atoms with Crippen LogP contribution in [0.2, 0.25) is 10.2 Å². The van der Waals surface area contributed by atoms with Crippen LogP contribution in [-0.4, -0.2) is 10.2 Å². The highest BCUT2D eigenvalue weighted by atomic mass is 35.5. The zero-order valence-corrected chi connectivity index (χ0v) is 9.08. The summed E-state index contributed by atoms with van der Waals surface area (Å²) in [4.78, 5) is 12.1. The largest absolute Gasteiger partial charge is 0.273 e. The van der Waals surface area contributed by atoms with Gasteiger partial charge in [-0.15, -0.1) is 11.3 Å². The number of thiophene rings is 1. The van der Waals surface area contributed by atoms with Crippen molar-refractivity contribution in [3.05, 3.63) is 38.0 Å². The molecule has 0 saturated heterocycles. The fraction of sp³-hybridized carbons (Fsp3) is 0. The third kappa shape index (κ3) is 1.68. The van der Waals surface area contributed by atoms with Crippen LogP contribution in [0.4, 0.5) is 0 Å². The van der Waals surface area contributed by atoms with Crippen molar-refractivity contribution in [2.45, 2.75) is 0 Å². The van der Waals surface area contributed by atoms with Crippen molar-refractivity contribution in [3.63, 3.8) is 0 Å². The van der Waals surface area contributed by atoms with E-state index < -0.39 is 0 Å². The minimum atomic E-state index is -0.293. The molecule has 2 aromatic rings. The number of H-pyrrole nitrogens is 1. The Kier molecular flexibility index (Phi) is 2.58. The molecular weight excluding hydrogens is 243 g/mol. The Hall–Kier alpha value is -0.840. The average Bonchev–Trinajstić information content (AvgIpc) is 2.56. The van der Waals surface area contributed by atoms with E-state index in [1.165, 1.54) is 17.4 Å². The highest BCUT2D eigenvalue weighted by molar-refractivity contribution is 7.14. The zero-order valence-electron chi connectivity index (χ0n) is 6.75. The first-order chi connectivity index (χ1) is 6.68. The molecule has 0 radical (unpaired) electrons. The van der Waals surface area contributed by atoms with Gasteiger partial charge in [0.1, 0.15) is 5.15 Å². The Bertz CT molecular complexity index is 520. The molecule has 14 heavy (non-hydrogen) atoms. The maximum Gasteiger partial charge on any atom is 0.273 e. The molecule has 6 heteroatoms. The van der Waals surface area contributed by atoms with E-state index in [2.05, 4.69) is 10.2 Å². The lowest BCUT2D eigenvalue weighted by atomic mass is 10.2. The number of halogens is 2. The fourth-order valence-corrected chi connectivity index (χ4v) is 2.36. The number of rotatable bonds is 1. The van der Waals surface area contributed by atoms with E-state index in [1.807, 2.05) is 5.38 Å². The molecule has 2 aromatic heterocycles. The molecule has 0 amide bonds. The quantitative estimate of drug-likeness (QED) is 0.842. The fourth-order valence-electron chi connectivity index (χ4n) is 1.04. The first-order valence-electron chi connectivity index (χ1n) is 3.67. The predicted molar refractivity (Wildman–Crippen MR) is 58.2 cm³/mol. The van der Waals surface area contributed by atoms with Gasteiger partial charge in [-0.2, -0.15) is 5.10 Å². The number of aromatic nitrogens is 2. The number of nitrogens with zero attached hydrogens (tertiary/aromatic N) is 1. The summed E-state index contributed by atoms with van der Waals surface area (Å²) >= 11 is 12.9. The van der Waals surface area contributed by atoms with Crippen LogP contribution in [0.1, 0.15) is 0 Å². The lowest BCUT2D eigenvalue weighted by Gasteiger charge is -1.96. The normalized spacial score (nSPS) is 10.4. The Labute approximate surface area is 93.3 Å². The summed E-state index contributed by atoms with van der Waals surface area (Å²) in [5.41, 5.74) is 0.156. The first kappa shape index (κ1) is 9.71. The van der Waals surface area contributed by atoms with Gasteiger partial charge < -0.3 is 0 Å². The molecule has 0 saturated carbocycles. The van der Waals surface area contributed by atoms with Crippen molar-refractivity contribution < 1.29 is 0 Å². The van der Waals surface area contributed by atoms with Crippen LogP contribution in [-0.2, 0) is 0 Å². The van der Waals surface area contributed by atoms with Crippen molar-refractivity contribution in [2.75, 3.05) is 0 Å². The SMILES string of the molecule is O=c1[nH]nc(Cl)cc1-c1sccc1Cl. The molecule has 72 valence electrons. The Balaban J connectivity index is 2.68. The summed E-state index contributed by atoms with van der Waals surface area (Å²) < 4.78 is 0. The minimum absolute atomic E-state index is 0.240. The van der Waals surface area contributed by atoms with E-state index in [-0.39, 0.29) is 10.7 Å².